The molecule has 4 rings (SSSR count). The van der Waals surface area contributed by atoms with Crippen LogP contribution in [0.5, 0.6) is 11.5 Å². The predicted octanol–water partition coefficient (Wildman–Crippen LogP) is 5.41. The number of rotatable bonds is 10. The molecular weight excluding hydrogens is 466 g/mol. The number of hydrogen-bond donors (Lipinski definition) is 1. The maximum Gasteiger partial charge on any atom is 0.323 e. The van der Waals surface area contributed by atoms with E-state index in [1.165, 1.54) is 16.0 Å². The van der Waals surface area contributed by atoms with E-state index >= 15 is 0 Å². The molecule has 1 aliphatic heterocycles. The summed E-state index contributed by atoms with van der Waals surface area (Å²) in [6.07, 6.45) is 1.66. The van der Waals surface area contributed by atoms with Crippen molar-refractivity contribution in [1.82, 2.24) is 4.90 Å². The van der Waals surface area contributed by atoms with Crippen molar-refractivity contribution in [2.24, 2.45) is 0 Å². The van der Waals surface area contributed by atoms with Gasteiger partial charge in [-0.05, 0) is 58.9 Å². The van der Waals surface area contributed by atoms with Crippen LogP contribution in [0.4, 0.5) is 0 Å². The van der Waals surface area contributed by atoms with E-state index < -0.39 is 5.97 Å². The van der Waals surface area contributed by atoms with Crippen LogP contribution in [-0.2, 0) is 35.4 Å². The Morgan fingerprint density at radius 3 is 2.43 bits per heavy atom. The molecule has 1 heterocycles. The molecule has 3 aromatic carbocycles. The largest absolute Gasteiger partial charge is 0.497 e. The molecule has 1 N–H and O–H groups in total. The lowest BCUT2D eigenvalue weighted by atomic mass is 9.90. The highest BCUT2D eigenvalue weighted by Gasteiger charge is 2.35. The van der Waals surface area contributed by atoms with Crippen molar-refractivity contribution in [2.75, 3.05) is 13.7 Å². The highest BCUT2D eigenvalue weighted by molar-refractivity contribution is 5.83. The average molecular weight is 502 g/mol. The number of aliphatic carboxylic acids is 1. The Hall–Kier alpha value is -3.80. The van der Waals surface area contributed by atoms with Gasteiger partial charge in [0.2, 0.25) is 5.91 Å². The Morgan fingerprint density at radius 2 is 1.76 bits per heavy atom. The first-order valence-electron chi connectivity index (χ1n) is 12.7. The van der Waals surface area contributed by atoms with Gasteiger partial charge >= 0.3 is 5.97 Å². The van der Waals surface area contributed by atoms with Crippen molar-refractivity contribution in [3.05, 3.63) is 94.5 Å². The standard InChI is InChI=1S/C31H35NO5/c1-21(2)25-11-8-22(9-12-25)17-31(3)18-26-14-23(10-13-28(26)37-31)16-29(33)32(20-30(34)35)19-24-6-5-7-27(15-24)36-4/h5-15,21H,16-20H2,1-4H3,(H,34,35)/t31-/m0/s1. The van der Waals surface area contributed by atoms with Crippen LogP contribution in [0.2, 0.25) is 0 Å². The number of methoxy groups -OCH3 is 1. The minimum Gasteiger partial charge on any atom is -0.497 e. The highest BCUT2D eigenvalue weighted by atomic mass is 16.5. The summed E-state index contributed by atoms with van der Waals surface area (Å²) in [5.74, 6) is 0.724. The van der Waals surface area contributed by atoms with Gasteiger partial charge in [-0.3, -0.25) is 9.59 Å². The molecular formula is C31H35NO5. The molecule has 0 radical (unpaired) electrons. The minimum atomic E-state index is -1.05. The summed E-state index contributed by atoms with van der Waals surface area (Å²) in [6, 6.07) is 21.9. The van der Waals surface area contributed by atoms with E-state index in [0.29, 0.717) is 11.7 Å². The lowest BCUT2D eigenvalue weighted by Gasteiger charge is -2.24. The van der Waals surface area contributed by atoms with Crippen LogP contribution in [0.1, 0.15) is 54.5 Å². The summed E-state index contributed by atoms with van der Waals surface area (Å²) in [5.41, 5.74) is 4.93. The zero-order chi connectivity index (χ0) is 26.6. The first-order chi connectivity index (χ1) is 17.6. The molecule has 0 unspecified atom stereocenters. The van der Waals surface area contributed by atoms with E-state index in [-0.39, 0.29) is 31.0 Å². The van der Waals surface area contributed by atoms with Crippen molar-refractivity contribution in [3.8, 4) is 11.5 Å². The fourth-order valence-corrected chi connectivity index (χ4v) is 4.91. The van der Waals surface area contributed by atoms with Crippen LogP contribution in [0, 0.1) is 0 Å². The molecule has 3 aromatic rings. The molecule has 6 nitrogen and oxygen atoms in total. The lowest BCUT2D eigenvalue weighted by molar-refractivity contribution is -0.144. The van der Waals surface area contributed by atoms with Crippen molar-refractivity contribution >= 4 is 11.9 Å². The predicted molar refractivity (Wildman–Crippen MR) is 143 cm³/mol. The topological polar surface area (TPSA) is 76.1 Å². The maximum atomic E-state index is 13.2. The zero-order valence-electron chi connectivity index (χ0n) is 22.0. The molecule has 0 aliphatic carbocycles. The third-order valence-corrected chi connectivity index (χ3v) is 6.81. The fourth-order valence-electron chi connectivity index (χ4n) is 4.91. The summed E-state index contributed by atoms with van der Waals surface area (Å²) in [7, 11) is 1.57. The third-order valence-electron chi connectivity index (χ3n) is 6.81. The molecule has 0 saturated heterocycles. The number of carboxylic acids is 1. The Morgan fingerprint density at radius 1 is 1.03 bits per heavy atom. The second-order valence-corrected chi connectivity index (χ2v) is 10.4. The lowest BCUT2D eigenvalue weighted by Crippen LogP contribution is -2.36. The Kier molecular flexibility index (Phi) is 7.86. The van der Waals surface area contributed by atoms with Gasteiger partial charge in [0.25, 0.3) is 0 Å². The van der Waals surface area contributed by atoms with E-state index in [4.69, 9.17) is 9.47 Å². The molecule has 1 atom stereocenters. The quantitative estimate of drug-likeness (QED) is 0.402. The van der Waals surface area contributed by atoms with Gasteiger partial charge in [0.15, 0.2) is 0 Å². The molecule has 194 valence electrons. The van der Waals surface area contributed by atoms with Gasteiger partial charge in [0.1, 0.15) is 23.6 Å². The van der Waals surface area contributed by atoms with Crippen LogP contribution in [0.25, 0.3) is 0 Å². The zero-order valence-corrected chi connectivity index (χ0v) is 22.0. The number of carboxylic acid groups (broad SMARTS) is 1. The second kappa shape index (κ2) is 11.1. The number of hydrogen-bond acceptors (Lipinski definition) is 4. The number of fused-ring (bicyclic) bond motifs is 1. The number of carbonyl (C=O) groups excluding carboxylic acids is 1. The van der Waals surface area contributed by atoms with Crippen molar-refractivity contribution in [3.63, 3.8) is 0 Å². The number of benzene rings is 3. The van der Waals surface area contributed by atoms with Crippen LogP contribution in [0.15, 0.2) is 66.7 Å². The van der Waals surface area contributed by atoms with E-state index in [1.807, 2.05) is 42.5 Å². The maximum absolute atomic E-state index is 13.2. The van der Waals surface area contributed by atoms with E-state index in [9.17, 15) is 14.7 Å². The molecule has 0 aromatic heterocycles. The third kappa shape index (κ3) is 6.70. The van der Waals surface area contributed by atoms with Crippen LogP contribution in [0.3, 0.4) is 0 Å². The molecule has 0 fully saturated rings. The molecule has 0 spiro atoms. The van der Waals surface area contributed by atoms with E-state index in [1.54, 1.807) is 7.11 Å². The SMILES string of the molecule is COc1cccc(CN(CC(=O)O)C(=O)Cc2ccc3c(c2)C[C@](C)(Cc2ccc(C(C)C)cc2)O3)c1. The number of carbonyl (C=O) groups is 2. The fraction of sp³-hybridized carbons (Fsp3) is 0.355. The van der Waals surface area contributed by atoms with Crippen LogP contribution < -0.4 is 9.47 Å². The highest BCUT2D eigenvalue weighted by Crippen LogP contribution is 2.37. The summed E-state index contributed by atoms with van der Waals surface area (Å²) in [6.45, 7) is 6.34. The monoisotopic (exact) mass is 501 g/mol. The number of amides is 1. The summed E-state index contributed by atoms with van der Waals surface area (Å²) < 4.78 is 11.6. The van der Waals surface area contributed by atoms with Gasteiger partial charge in [-0.1, -0.05) is 62.4 Å². The first-order valence-corrected chi connectivity index (χ1v) is 12.7. The Labute approximate surface area is 218 Å². The van der Waals surface area contributed by atoms with Gasteiger partial charge < -0.3 is 19.5 Å². The van der Waals surface area contributed by atoms with E-state index in [0.717, 1.165) is 35.3 Å². The molecule has 1 amide bonds. The summed E-state index contributed by atoms with van der Waals surface area (Å²) >= 11 is 0. The molecule has 0 saturated carbocycles. The van der Waals surface area contributed by atoms with Crippen molar-refractivity contribution in [1.29, 1.82) is 0 Å². The second-order valence-electron chi connectivity index (χ2n) is 10.4. The van der Waals surface area contributed by atoms with Gasteiger partial charge in [0.05, 0.1) is 13.5 Å². The van der Waals surface area contributed by atoms with Gasteiger partial charge in [-0.25, -0.2) is 0 Å². The van der Waals surface area contributed by atoms with Crippen LogP contribution >= 0.6 is 0 Å². The molecule has 0 bridgehead atoms. The molecule has 37 heavy (non-hydrogen) atoms. The van der Waals surface area contributed by atoms with Crippen molar-refractivity contribution in [2.45, 2.75) is 58.1 Å². The van der Waals surface area contributed by atoms with Gasteiger partial charge in [-0.15, -0.1) is 0 Å². The molecule has 6 heteroatoms. The summed E-state index contributed by atoms with van der Waals surface area (Å²) in [5, 5.41) is 9.39. The Bertz CT molecular complexity index is 1270. The minimum absolute atomic E-state index is 0.123. The average Bonchev–Trinajstić information content (AvgIpc) is 3.18. The Balaban J connectivity index is 1.44. The smallest absolute Gasteiger partial charge is 0.323 e. The van der Waals surface area contributed by atoms with E-state index in [2.05, 4.69) is 45.0 Å². The number of nitrogens with zero attached hydrogens (tertiary/aromatic N) is 1. The molecule has 1 aliphatic rings. The first kappa shape index (κ1) is 26.3. The summed E-state index contributed by atoms with van der Waals surface area (Å²) in [4.78, 5) is 26.0. The van der Waals surface area contributed by atoms with Gasteiger partial charge in [0, 0.05) is 19.4 Å². The van der Waals surface area contributed by atoms with Crippen molar-refractivity contribution < 1.29 is 24.2 Å². The van der Waals surface area contributed by atoms with Gasteiger partial charge in [-0.2, -0.15) is 0 Å². The van der Waals surface area contributed by atoms with Crippen LogP contribution in [-0.4, -0.2) is 41.1 Å². The number of ether oxygens (including phenoxy) is 2. The normalized spacial score (nSPS) is 16.2.